The minimum absolute atomic E-state index is 0.0190. The topological polar surface area (TPSA) is 20.2 Å². The van der Waals surface area contributed by atoms with Gasteiger partial charge in [-0.15, -0.1) is 11.6 Å². The monoisotopic (exact) mass is 150 g/mol. The van der Waals surface area contributed by atoms with Crippen LogP contribution in [0.5, 0.6) is 0 Å². The van der Waals surface area contributed by atoms with Crippen LogP contribution in [0.1, 0.15) is 27.2 Å². The molecule has 9 heavy (non-hydrogen) atoms. The van der Waals surface area contributed by atoms with Crippen LogP contribution in [-0.4, -0.2) is 17.1 Å². The maximum Gasteiger partial charge on any atom is 0.0599 e. The second-order valence-electron chi connectivity index (χ2n) is 3.36. The van der Waals surface area contributed by atoms with E-state index in [9.17, 15) is 5.11 Å². The van der Waals surface area contributed by atoms with Crippen LogP contribution < -0.4 is 0 Å². The second-order valence-corrected chi connectivity index (χ2v) is 3.74. The number of hydrogen-bond donors (Lipinski definition) is 1. The average Bonchev–Trinajstić information content (AvgIpc) is 1.64. The zero-order valence-corrected chi connectivity index (χ0v) is 7.07. The molecule has 1 N–H and O–H groups in total. The molecule has 0 spiro atoms. The van der Waals surface area contributed by atoms with Gasteiger partial charge in [-0.2, -0.15) is 0 Å². The van der Waals surface area contributed by atoms with Gasteiger partial charge in [-0.1, -0.05) is 20.8 Å². The predicted octanol–water partition coefficient (Wildman–Crippen LogP) is 2.02. The Balaban J connectivity index is 3.59. The van der Waals surface area contributed by atoms with E-state index >= 15 is 0 Å². The third-order valence-electron chi connectivity index (χ3n) is 1.38. The molecule has 0 aromatic carbocycles. The van der Waals surface area contributed by atoms with Crippen LogP contribution in [0.3, 0.4) is 0 Å². The fourth-order valence-corrected chi connectivity index (χ4v) is 0.743. The lowest BCUT2D eigenvalue weighted by Crippen LogP contribution is -2.26. The van der Waals surface area contributed by atoms with Crippen LogP contribution in [-0.2, 0) is 0 Å². The lowest BCUT2D eigenvalue weighted by Gasteiger charge is -2.24. The average molecular weight is 151 g/mol. The summed E-state index contributed by atoms with van der Waals surface area (Å²) in [4.78, 5) is 0. The zero-order valence-electron chi connectivity index (χ0n) is 6.32. The van der Waals surface area contributed by atoms with Crippen LogP contribution in [0.4, 0.5) is 0 Å². The molecule has 0 radical (unpaired) electrons. The van der Waals surface area contributed by atoms with E-state index in [2.05, 4.69) is 0 Å². The zero-order chi connectivity index (χ0) is 7.49. The van der Waals surface area contributed by atoms with E-state index in [1.807, 2.05) is 20.8 Å². The van der Waals surface area contributed by atoms with Crippen LogP contribution >= 0.6 is 11.6 Å². The second kappa shape index (κ2) is 3.43. The first-order valence-electron chi connectivity index (χ1n) is 3.22. The first-order valence-corrected chi connectivity index (χ1v) is 3.76. The van der Waals surface area contributed by atoms with Crippen molar-refractivity contribution >= 4 is 11.6 Å². The molecule has 0 rings (SSSR count). The van der Waals surface area contributed by atoms with Crippen molar-refractivity contribution in [3.8, 4) is 0 Å². The summed E-state index contributed by atoms with van der Waals surface area (Å²) in [5.74, 6) is 0.540. The summed E-state index contributed by atoms with van der Waals surface area (Å²) >= 11 is 5.44. The molecule has 56 valence electrons. The molecule has 1 nitrogen and oxygen atoms in total. The number of hydrogen-bond acceptors (Lipinski definition) is 1. The minimum Gasteiger partial charge on any atom is -0.393 e. The third-order valence-corrected chi connectivity index (χ3v) is 1.60. The molecule has 1 atom stereocenters. The summed E-state index contributed by atoms with van der Waals surface area (Å²) in [5, 5.41) is 9.30. The summed E-state index contributed by atoms with van der Waals surface area (Å²) in [6, 6.07) is 0. The van der Waals surface area contributed by atoms with E-state index in [0.29, 0.717) is 12.3 Å². The standard InChI is InChI=1S/C7H15ClO/c1-7(2,3)6(9)4-5-8/h6,9H,4-5H2,1-3H3. The van der Waals surface area contributed by atoms with Gasteiger partial charge in [-0.05, 0) is 11.8 Å². The lowest BCUT2D eigenvalue weighted by molar-refractivity contribution is 0.0608. The molecular weight excluding hydrogens is 136 g/mol. The summed E-state index contributed by atoms with van der Waals surface area (Å²) in [7, 11) is 0. The van der Waals surface area contributed by atoms with Gasteiger partial charge < -0.3 is 5.11 Å². The molecule has 0 fully saturated rings. The summed E-state index contributed by atoms with van der Waals surface area (Å²) < 4.78 is 0. The first-order chi connectivity index (χ1) is 3.98. The van der Waals surface area contributed by atoms with E-state index in [4.69, 9.17) is 11.6 Å². The SMILES string of the molecule is CC(C)(C)C(O)CCCl. The van der Waals surface area contributed by atoms with E-state index in [-0.39, 0.29) is 11.5 Å². The van der Waals surface area contributed by atoms with Gasteiger partial charge in [-0.3, -0.25) is 0 Å². The quantitative estimate of drug-likeness (QED) is 0.598. The van der Waals surface area contributed by atoms with Gasteiger partial charge in [0.15, 0.2) is 0 Å². The largest absolute Gasteiger partial charge is 0.393 e. The molecule has 0 bridgehead atoms. The molecule has 0 saturated heterocycles. The molecule has 2 heteroatoms. The van der Waals surface area contributed by atoms with Crippen LogP contribution in [0.25, 0.3) is 0 Å². The maximum atomic E-state index is 9.30. The highest BCUT2D eigenvalue weighted by Crippen LogP contribution is 2.21. The Morgan fingerprint density at radius 1 is 1.44 bits per heavy atom. The molecule has 0 saturated carbocycles. The summed E-state index contributed by atoms with van der Waals surface area (Å²) in [6.45, 7) is 6.01. The Hall–Kier alpha value is 0.250. The van der Waals surface area contributed by atoms with Crippen molar-refractivity contribution < 1.29 is 5.11 Å². The van der Waals surface area contributed by atoms with Gasteiger partial charge in [0.05, 0.1) is 6.10 Å². The van der Waals surface area contributed by atoms with Gasteiger partial charge in [0.25, 0.3) is 0 Å². The van der Waals surface area contributed by atoms with Crippen molar-refractivity contribution in [2.75, 3.05) is 5.88 Å². The first kappa shape index (κ1) is 9.25. The van der Waals surface area contributed by atoms with E-state index < -0.39 is 0 Å². The molecule has 1 unspecified atom stereocenters. The molecular formula is C7H15ClO. The smallest absolute Gasteiger partial charge is 0.0599 e. The Morgan fingerprint density at radius 3 is 2.00 bits per heavy atom. The molecule has 0 aliphatic heterocycles. The van der Waals surface area contributed by atoms with Crippen LogP contribution in [0.15, 0.2) is 0 Å². The molecule has 0 aromatic rings. The van der Waals surface area contributed by atoms with Crippen molar-refractivity contribution in [3.63, 3.8) is 0 Å². The molecule has 0 amide bonds. The van der Waals surface area contributed by atoms with Crippen molar-refractivity contribution in [2.24, 2.45) is 5.41 Å². The Labute approximate surface area is 62.0 Å². The van der Waals surface area contributed by atoms with E-state index in [1.165, 1.54) is 0 Å². The molecule has 0 aliphatic carbocycles. The molecule has 0 aromatic heterocycles. The van der Waals surface area contributed by atoms with Crippen molar-refractivity contribution in [1.82, 2.24) is 0 Å². The van der Waals surface area contributed by atoms with Crippen molar-refractivity contribution in [3.05, 3.63) is 0 Å². The Kier molecular flexibility index (Phi) is 3.52. The Morgan fingerprint density at radius 2 is 1.89 bits per heavy atom. The fourth-order valence-electron chi connectivity index (χ4n) is 0.536. The van der Waals surface area contributed by atoms with E-state index in [0.717, 1.165) is 0 Å². The normalized spacial score (nSPS) is 15.7. The van der Waals surface area contributed by atoms with Gasteiger partial charge in [0, 0.05) is 5.88 Å². The summed E-state index contributed by atoms with van der Waals surface area (Å²) in [6.07, 6.45) is 0.417. The number of halogens is 1. The number of aliphatic hydroxyl groups is 1. The summed E-state index contributed by atoms with van der Waals surface area (Å²) in [5.41, 5.74) is -0.0190. The van der Waals surface area contributed by atoms with E-state index in [1.54, 1.807) is 0 Å². The number of rotatable bonds is 2. The maximum absolute atomic E-state index is 9.30. The van der Waals surface area contributed by atoms with Gasteiger partial charge in [0.2, 0.25) is 0 Å². The lowest BCUT2D eigenvalue weighted by atomic mass is 9.88. The van der Waals surface area contributed by atoms with Crippen molar-refractivity contribution in [2.45, 2.75) is 33.3 Å². The number of alkyl halides is 1. The molecule has 0 aliphatic rings. The van der Waals surface area contributed by atoms with Crippen LogP contribution in [0.2, 0.25) is 0 Å². The fraction of sp³-hybridized carbons (Fsp3) is 1.00. The van der Waals surface area contributed by atoms with Gasteiger partial charge in [0.1, 0.15) is 0 Å². The predicted molar refractivity (Wildman–Crippen MR) is 40.8 cm³/mol. The Bertz CT molecular complexity index is 75.5. The van der Waals surface area contributed by atoms with Crippen LogP contribution in [0, 0.1) is 5.41 Å². The van der Waals surface area contributed by atoms with Crippen molar-refractivity contribution in [1.29, 1.82) is 0 Å². The molecule has 0 heterocycles. The van der Waals surface area contributed by atoms with Gasteiger partial charge >= 0.3 is 0 Å². The minimum atomic E-state index is -0.269. The highest BCUT2D eigenvalue weighted by Gasteiger charge is 2.20. The third kappa shape index (κ3) is 3.77. The highest BCUT2D eigenvalue weighted by atomic mass is 35.5. The highest BCUT2D eigenvalue weighted by molar-refractivity contribution is 6.17. The number of aliphatic hydroxyl groups excluding tert-OH is 1. The van der Waals surface area contributed by atoms with Gasteiger partial charge in [-0.25, -0.2) is 0 Å².